The van der Waals surface area contributed by atoms with Crippen LogP contribution in [0.5, 0.6) is 5.75 Å². The SMILES string of the molecule is CC(C)C(NC(=O)c1ccc(Cl)cc1Cl)C(=O)N/N=C/c1ccccc1OCc1ccccc1Cl. The van der Waals surface area contributed by atoms with Gasteiger partial charge in [0.25, 0.3) is 11.8 Å². The Bertz CT molecular complexity index is 1230. The first-order chi connectivity index (χ1) is 16.8. The molecular weight excluding hydrogens is 509 g/mol. The highest BCUT2D eigenvalue weighted by Crippen LogP contribution is 2.22. The van der Waals surface area contributed by atoms with E-state index in [1.807, 2.05) is 50.2 Å². The lowest BCUT2D eigenvalue weighted by atomic mass is 10.0. The van der Waals surface area contributed by atoms with Crippen LogP contribution in [-0.2, 0) is 11.4 Å². The number of amides is 2. The highest BCUT2D eigenvalue weighted by atomic mass is 35.5. The van der Waals surface area contributed by atoms with E-state index in [1.54, 1.807) is 18.2 Å². The molecule has 3 aromatic carbocycles. The summed E-state index contributed by atoms with van der Waals surface area (Å²) in [5.74, 6) is -0.574. The summed E-state index contributed by atoms with van der Waals surface area (Å²) in [6.07, 6.45) is 1.48. The van der Waals surface area contributed by atoms with Gasteiger partial charge in [0.2, 0.25) is 0 Å². The van der Waals surface area contributed by atoms with E-state index in [-0.39, 0.29) is 23.1 Å². The third-order valence-corrected chi connectivity index (χ3v) is 5.97. The van der Waals surface area contributed by atoms with E-state index < -0.39 is 17.9 Å². The molecule has 0 spiro atoms. The summed E-state index contributed by atoms with van der Waals surface area (Å²) >= 11 is 18.2. The van der Waals surface area contributed by atoms with Crippen molar-refractivity contribution in [3.8, 4) is 5.75 Å². The lowest BCUT2D eigenvalue weighted by molar-refractivity contribution is -0.123. The number of hydrogen-bond acceptors (Lipinski definition) is 4. The molecule has 0 heterocycles. The second-order valence-electron chi connectivity index (χ2n) is 7.97. The minimum atomic E-state index is -0.835. The fourth-order valence-electron chi connectivity index (χ4n) is 3.15. The number of hydrazone groups is 1. The zero-order chi connectivity index (χ0) is 25.4. The Morgan fingerprint density at radius 1 is 0.971 bits per heavy atom. The molecule has 3 aromatic rings. The van der Waals surface area contributed by atoms with Gasteiger partial charge in [0, 0.05) is 21.2 Å². The van der Waals surface area contributed by atoms with Gasteiger partial charge in [-0.25, -0.2) is 5.43 Å². The summed E-state index contributed by atoms with van der Waals surface area (Å²) in [7, 11) is 0. The molecule has 182 valence electrons. The molecule has 35 heavy (non-hydrogen) atoms. The van der Waals surface area contributed by atoms with Gasteiger partial charge in [-0.1, -0.05) is 79.0 Å². The molecule has 1 unspecified atom stereocenters. The third kappa shape index (κ3) is 7.46. The van der Waals surface area contributed by atoms with Gasteiger partial charge < -0.3 is 10.1 Å². The average molecular weight is 533 g/mol. The zero-order valence-electron chi connectivity index (χ0n) is 19.1. The summed E-state index contributed by atoms with van der Waals surface area (Å²) in [4.78, 5) is 25.4. The van der Waals surface area contributed by atoms with Crippen LogP contribution in [0.1, 0.15) is 35.3 Å². The molecule has 0 aliphatic carbocycles. The van der Waals surface area contributed by atoms with Crippen molar-refractivity contribution in [2.45, 2.75) is 26.5 Å². The maximum atomic E-state index is 12.8. The smallest absolute Gasteiger partial charge is 0.262 e. The molecule has 0 fully saturated rings. The van der Waals surface area contributed by atoms with Crippen LogP contribution in [0.4, 0.5) is 0 Å². The van der Waals surface area contributed by atoms with Crippen LogP contribution in [0, 0.1) is 5.92 Å². The molecule has 2 amide bonds. The van der Waals surface area contributed by atoms with Gasteiger partial charge in [-0.05, 0) is 42.3 Å². The first kappa shape index (κ1) is 26.5. The molecule has 0 bridgehead atoms. The Labute approximate surface area is 219 Å². The van der Waals surface area contributed by atoms with E-state index in [9.17, 15) is 9.59 Å². The molecule has 0 saturated carbocycles. The number of benzene rings is 3. The van der Waals surface area contributed by atoms with E-state index in [4.69, 9.17) is 39.5 Å². The van der Waals surface area contributed by atoms with E-state index in [2.05, 4.69) is 15.8 Å². The lowest BCUT2D eigenvalue weighted by Gasteiger charge is -2.20. The fraction of sp³-hybridized carbons (Fsp3) is 0.192. The molecule has 9 heteroatoms. The number of para-hydroxylation sites is 1. The summed E-state index contributed by atoms with van der Waals surface area (Å²) in [6, 6.07) is 18.4. The van der Waals surface area contributed by atoms with Crippen LogP contribution in [0.25, 0.3) is 0 Å². The van der Waals surface area contributed by atoms with Crippen LogP contribution in [-0.4, -0.2) is 24.1 Å². The number of nitrogens with zero attached hydrogens (tertiary/aromatic N) is 1. The summed E-state index contributed by atoms with van der Waals surface area (Å²) in [6.45, 7) is 3.91. The first-order valence-electron chi connectivity index (χ1n) is 10.8. The lowest BCUT2D eigenvalue weighted by Crippen LogP contribution is -2.48. The topological polar surface area (TPSA) is 79.8 Å². The summed E-state index contributed by atoms with van der Waals surface area (Å²) in [5.41, 5.74) is 4.23. The summed E-state index contributed by atoms with van der Waals surface area (Å²) in [5, 5.41) is 8.00. The fourth-order valence-corrected chi connectivity index (χ4v) is 3.84. The molecule has 2 N–H and O–H groups in total. The van der Waals surface area contributed by atoms with Crippen LogP contribution in [0.3, 0.4) is 0 Å². The predicted molar refractivity (Wildman–Crippen MR) is 141 cm³/mol. The van der Waals surface area contributed by atoms with Gasteiger partial charge in [-0.15, -0.1) is 0 Å². The van der Waals surface area contributed by atoms with Crippen molar-refractivity contribution in [3.05, 3.63) is 98.5 Å². The molecule has 0 aliphatic heterocycles. The Hall–Kier alpha value is -3.06. The van der Waals surface area contributed by atoms with Crippen molar-refractivity contribution in [2.75, 3.05) is 0 Å². The number of ether oxygens (including phenoxy) is 1. The molecule has 0 saturated heterocycles. The van der Waals surface area contributed by atoms with Crippen LogP contribution < -0.4 is 15.5 Å². The number of carbonyl (C=O) groups is 2. The van der Waals surface area contributed by atoms with Gasteiger partial charge in [0.05, 0.1) is 16.8 Å². The third-order valence-electron chi connectivity index (χ3n) is 5.05. The van der Waals surface area contributed by atoms with Crippen LogP contribution >= 0.6 is 34.8 Å². The minimum Gasteiger partial charge on any atom is -0.488 e. The second kappa shape index (κ2) is 12.6. The quantitative estimate of drug-likeness (QED) is 0.257. The molecule has 0 radical (unpaired) electrons. The number of hydrogen-bond donors (Lipinski definition) is 2. The van der Waals surface area contributed by atoms with E-state index in [0.29, 0.717) is 21.4 Å². The van der Waals surface area contributed by atoms with Crippen molar-refractivity contribution < 1.29 is 14.3 Å². The maximum absolute atomic E-state index is 12.8. The number of rotatable bonds is 9. The molecule has 0 aliphatic rings. The Morgan fingerprint density at radius 3 is 2.40 bits per heavy atom. The monoisotopic (exact) mass is 531 g/mol. The first-order valence-corrected chi connectivity index (χ1v) is 11.9. The van der Waals surface area contributed by atoms with Crippen molar-refractivity contribution in [2.24, 2.45) is 11.0 Å². The Morgan fingerprint density at radius 2 is 1.69 bits per heavy atom. The Balaban J connectivity index is 1.65. The van der Waals surface area contributed by atoms with Gasteiger partial charge >= 0.3 is 0 Å². The van der Waals surface area contributed by atoms with Crippen molar-refractivity contribution in [3.63, 3.8) is 0 Å². The van der Waals surface area contributed by atoms with Crippen LogP contribution in [0.2, 0.25) is 15.1 Å². The second-order valence-corrected chi connectivity index (χ2v) is 9.22. The average Bonchev–Trinajstić information content (AvgIpc) is 2.82. The van der Waals surface area contributed by atoms with E-state index in [1.165, 1.54) is 18.3 Å². The highest BCUT2D eigenvalue weighted by Gasteiger charge is 2.25. The van der Waals surface area contributed by atoms with E-state index >= 15 is 0 Å². The minimum absolute atomic E-state index is 0.198. The highest BCUT2D eigenvalue weighted by molar-refractivity contribution is 6.36. The van der Waals surface area contributed by atoms with Crippen LogP contribution in [0.15, 0.2) is 71.8 Å². The zero-order valence-corrected chi connectivity index (χ0v) is 21.4. The van der Waals surface area contributed by atoms with Gasteiger partial charge in [0.1, 0.15) is 18.4 Å². The number of nitrogens with one attached hydrogen (secondary N) is 2. The Kier molecular flexibility index (Phi) is 9.55. The maximum Gasteiger partial charge on any atom is 0.262 e. The largest absolute Gasteiger partial charge is 0.488 e. The number of halogens is 3. The molecule has 0 aromatic heterocycles. The number of carbonyl (C=O) groups excluding carboxylic acids is 2. The standard InChI is InChI=1S/C26H24Cl3N3O3/c1-16(2)24(31-25(33)20-12-11-19(27)13-22(20)29)26(34)32-30-14-17-7-4-6-10-23(17)35-15-18-8-3-5-9-21(18)28/h3-14,16,24H,15H2,1-2H3,(H,31,33)(H,32,34)/b30-14+. The predicted octanol–water partition coefficient (Wildman–Crippen LogP) is 6.13. The van der Waals surface area contributed by atoms with Gasteiger partial charge in [0.15, 0.2) is 0 Å². The molecule has 3 rings (SSSR count). The van der Waals surface area contributed by atoms with Crippen molar-refractivity contribution in [1.29, 1.82) is 0 Å². The summed E-state index contributed by atoms with van der Waals surface area (Å²) < 4.78 is 5.90. The normalized spacial score (nSPS) is 11.9. The van der Waals surface area contributed by atoms with Gasteiger partial charge in [-0.3, -0.25) is 9.59 Å². The van der Waals surface area contributed by atoms with Crippen molar-refractivity contribution >= 4 is 52.8 Å². The van der Waals surface area contributed by atoms with Gasteiger partial charge in [-0.2, -0.15) is 5.10 Å². The van der Waals surface area contributed by atoms with Crippen molar-refractivity contribution in [1.82, 2.24) is 10.7 Å². The molecular formula is C26H24Cl3N3O3. The molecule has 6 nitrogen and oxygen atoms in total. The van der Waals surface area contributed by atoms with E-state index in [0.717, 1.165) is 5.56 Å². The molecule has 1 atom stereocenters.